The summed E-state index contributed by atoms with van der Waals surface area (Å²) in [6.07, 6.45) is 0.723. The minimum absolute atomic E-state index is 0.131. The van der Waals surface area contributed by atoms with Crippen LogP contribution in [0.15, 0.2) is 36.4 Å². The van der Waals surface area contributed by atoms with Crippen LogP contribution in [0, 0.1) is 13.8 Å². The maximum absolute atomic E-state index is 13.2. The highest BCUT2D eigenvalue weighted by Crippen LogP contribution is 2.46. The molecule has 2 heterocycles. The number of carbonyl (C=O) groups is 1. The molecule has 5 heteroatoms. The van der Waals surface area contributed by atoms with Gasteiger partial charge in [0.2, 0.25) is 0 Å². The Balaban J connectivity index is 1.46. The van der Waals surface area contributed by atoms with E-state index in [0.29, 0.717) is 32.3 Å². The first-order valence-corrected chi connectivity index (χ1v) is 10.4. The highest BCUT2D eigenvalue weighted by Gasteiger charge is 2.55. The summed E-state index contributed by atoms with van der Waals surface area (Å²) in [6.45, 7) is 10.4. The Morgan fingerprint density at radius 2 is 1.76 bits per heavy atom. The van der Waals surface area contributed by atoms with Gasteiger partial charge in [-0.25, -0.2) is 0 Å². The first-order valence-electron chi connectivity index (χ1n) is 10.4. The molecule has 2 aromatic carbocycles. The van der Waals surface area contributed by atoms with Crippen molar-refractivity contribution in [2.24, 2.45) is 0 Å². The topological polar surface area (TPSA) is 48.0 Å². The molecule has 1 amide bonds. The SMILES string of the molecule is Cc1ccc(C(C)C)c(OCCCN2C(=O)C3(OCCO3)c3cc(C)ccc32)c1. The summed E-state index contributed by atoms with van der Waals surface area (Å²) in [6, 6.07) is 12.3. The van der Waals surface area contributed by atoms with Crippen LogP contribution < -0.4 is 9.64 Å². The fourth-order valence-corrected chi connectivity index (χ4v) is 4.11. The van der Waals surface area contributed by atoms with Gasteiger partial charge in [0.25, 0.3) is 11.7 Å². The molecule has 4 rings (SSSR count). The zero-order valence-corrected chi connectivity index (χ0v) is 17.7. The molecule has 1 fully saturated rings. The molecule has 0 unspecified atom stereocenters. The van der Waals surface area contributed by atoms with Crippen molar-refractivity contribution in [1.82, 2.24) is 0 Å². The minimum Gasteiger partial charge on any atom is -0.493 e. The number of carbonyl (C=O) groups excluding carboxylic acids is 1. The van der Waals surface area contributed by atoms with E-state index in [1.54, 1.807) is 4.90 Å². The van der Waals surface area contributed by atoms with Gasteiger partial charge in [-0.15, -0.1) is 0 Å². The second-order valence-electron chi connectivity index (χ2n) is 8.19. The van der Waals surface area contributed by atoms with Gasteiger partial charge in [0, 0.05) is 12.1 Å². The first-order chi connectivity index (χ1) is 13.9. The van der Waals surface area contributed by atoms with Gasteiger partial charge < -0.3 is 19.1 Å². The first kappa shape index (κ1) is 19.9. The Hall–Kier alpha value is -2.37. The summed E-state index contributed by atoms with van der Waals surface area (Å²) < 4.78 is 17.7. The lowest BCUT2D eigenvalue weighted by Crippen LogP contribution is -2.41. The number of hydrogen-bond donors (Lipinski definition) is 0. The van der Waals surface area contributed by atoms with Crippen molar-refractivity contribution < 1.29 is 19.0 Å². The molecule has 0 radical (unpaired) electrons. The van der Waals surface area contributed by atoms with E-state index in [1.165, 1.54) is 11.1 Å². The standard InChI is InChI=1S/C24H29NO4/c1-16(2)19-8-6-18(4)15-22(19)27-11-5-10-25-21-9-7-17(3)14-20(21)24(23(25)26)28-12-13-29-24/h6-9,14-16H,5,10-13H2,1-4H3. The Kier molecular flexibility index (Phi) is 5.36. The molecule has 1 saturated heterocycles. The molecule has 0 atom stereocenters. The number of fused-ring (bicyclic) bond motifs is 2. The number of rotatable bonds is 6. The summed E-state index contributed by atoms with van der Waals surface area (Å²) in [7, 11) is 0. The number of amides is 1. The van der Waals surface area contributed by atoms with Crippen LogP contribution in [0.25, 0.3) is 0 Å². The maximum Gasteiger partial charge on any atom is 0.292 e. The minimum atomic E-state index is -1.26. The number of ether oxygens (including phenoxy) is 3. The van der Waals surface area contributed by atoms with Crippen molar-refractivity contribution in [3.8, 4) is 5.75 Å². The fourth-order valence-electron chi connectivity index (χ4n) is 4.11. The van der Waals surface area contributed by atoms with Gasteiger partial charge in [-0.2, -0.15) is 0 Å². The van der Waals surface area contributed by atoms with E-state index in [-0.39, 0.29) is 5.91 Å². The van der Waals surface area contributed by atoms with Crippen molar-refractivity contribution in [2.45, 2.75) is 45.8 Å². The lowest BCUT2D eigenvalue weighted by molar-refractivity contribution is -0.180. The molecule has 2 aromatic rings. The number of aryl methyl sites for hydroxylation is 2. The van der Waals surface area contributed by atoms with E-state index >= 15 is 0 Å². The van der Waals surface area contributed by atoms with E-state index in [2.05, 4.69) is 39.0 Å². The Morgan fingerprint density at radius 3 is 2.48 bits per heavy atom. The molecule has 0 bridgehead atoms. The lowest BCUT2D eigenvalue weighted by Gasteiger charge is -2.22. The summed E-state index contributed by atoms with van der Waals surface area (Å²) in [5.41, 5.74) is 5.17. The normalized spacial score (nSPS) is 17.4. The third-order valence-corrected chi connectivity index (χ3v) is 5.59. The lowest BCUT2D eigenvalue weighted by atomic mass is 10.0. The average Bonchev–Trinajstić information content (AvgIpc) is 3.26. The van der Waals surface area contributed by atoms with E-state index < -0.39 is 5.79 Å². The van der Waals surface area contributed by atoms with Gasteiger partial charge >= 0.3 is 0 Å². The van der Waals surface area contributed by atoms with Crippen LogP contribution in [0.4, 0.5) is 5.69 Å². The second-order valence-corrected chi connectivity index (χ2v) is 8.19. The highest BCUT2D eigenvalue weighted by molar-refractivity contribution is 6.06. The molecule has 0 N–H and O–H groups in total. The Bertz CT molecular complexity index is 915. The summed E-state index contributed by atoms with van der Waals surface area (Å²) in [4.78, 5) is 15.0. The van der Waals surface area contributed by atoms with E-state index in [1.807, 2.05) is 25.1 Å². The van der Waals surface area contributed by atoms with Gasteiger partial charge in [-0.05, 0) is 55.5 Å². The Morgan fingerprint density at radius 1 is 1.07 bits per heavy atom. The van der Waals surface area contributed by atoms with Crippen molar-refractivity contribution >= 4 is 11.6 Å². The van der Waals surface area contributed by atoms with Crippen LogP contribution in [0.2, 0.25) is 0 Å². The van der Waals surface area contributed by atoms with Gasteiger partial charge in [0.05, 0.1) is 25.5 Å². The van der Waals surface area contributed by atoms with Crippen LogP contribution in [0.1, 0.15) is 48.4 Å². The molecule has 0 saturated carbocycles. The monoisotopic (exact) mass is 395 g/mol. The van der Waals surface area contributed by atoms with Crippen molar-refractivity contribution in [3.63, 3.8) is 0 Å². The van der Waals surface area contributed by atoms with Gasteiger partial charge in [0.1, 0.15) is 5.75 Å². The van der Waals surface area contributed by atoms with Crippen LogP contribution in [-0.2, 0) is 20.1 Å². The molecular weight excluding hydrogens is 366 g/mol. The summed E-state index contributed by atoms with van der Waals surface area (Å²) >= 11 is 0. The maximum atomic E-state index is 13.2. The predicted octanol–water partition coefficient (Wildman–Crippen LogP) is 4.44. The number of nitrogens with zero attached hydrogens (tertiary/aromatic N) is 1. The van der Waals surface area contributed by atoms with Gasteiger partial charge in [-0.1, -0.05) is 37.6 Å². The molecule has 2 aliphatic rings. The molecule has 5 nitrogen and oxygen atoms in total. The van der Waals surface area contributed by atoms with Crippen LogP contribution >= 0.6 is 0 Å². The average molecular weight is 395 g/mol. The molecular formula is C24H29NO4. The van der Waals surface area contributed by atoms with Crippen molar-refractivity contribution in [2.75, 3.05) is 31.3 Å². The summed E-state index contributed by atoms with van der Waals surface area (Å²) in [5, 5.41) is 0. The molecule has 154 valence electrons. The molecule has 0 aromatic heterocycles. The molecule has 2 aliphatic heterocycles. The van der Waals surface area contributed by atoms with Gasteiger partial charge in [0.15, 0.2) is 0 Å². The van der Waals surface area contributed by atoms with Gasteiger partial charge in [-0.3, -0.25) is 4.79 Å². The van der Waals surface area contributed by atoms with E-state index in [9.17, 15) is 4.79 Å². The molecule has 29 heavy (non-hydrogen) atoms. The van der Waals surface area contributed by atoms with Crippen molar-refractivity contribution in [1.29, 1.82) is 0 Å². The zero-order valence-electron chi connectivity index (χ0n) is 17.7. The third kappa shape index (κ3) is 3.53. The predicted molar refractivity (Wildman–Crippen MR) is 112 cm³/mol. The van der Waals surface area contributed by atoms with E-state index in [4.69, 9.17) is 14.2 Å². The molecule has 0 aliphatic carbocycles. The fraction of sp³-hybridized carbons (Fsp3) is 0.458. The van der Waals surface area contributed by atoms with Crippen molar-refractivity contribution in [3.05, 3.63) is 58.7 Å². The zero-order chi connectivity index (χ0) is 20.6. The van der Waals surface area contributed by atoms with Crippen LogP contribution in [-0.4, -0.2) is 32.3 Å². The molecule has 1 spiro atoms. The smallest absolute Gasteiger partial charge is 0.292 e. The van der Waals surface area contributed by atoms with E-state index in [0.717, 1.165) is 29.0 Å². The summed E-state index contributed by atoms with van der Waals surface area (Å²) in [5.74, 6) is -0.0575. The number of hydrogen-bond acceptors (Lipinski definition) is 4. The largest absolute Gasteiger partial charge is 0.493 e. The number of benzene rings is 2. The van der Waals surface area contributed by atoms with Crippen LogP contribution in [0.5, 0.6) is 5.75 Å². The van der Waals surface area contributed by atoms with Crippen LogP contribution in [0.3, 0.4) is 0 Å². The Labute approximate surface area is 172 Å². The quantitative estimate of drug-likeness (QED) is 0.679. The second kappa shape index (κ2) is 7.81. The highest BCUT2D eigenvalue weighted by atomic mass is 16.7. The number of anilines is 1. The third-order valence-electron chi connectivity index (χ3n) is 5.59.